The number of hydrogen-bond acceptors (Lipinski definition) is 4. The minimum absolute atomic E-state index is 0.0256. The largest absolute Gasteiger partial charge is 0.364 e. The standard InChI is InChI=1S/C18H31BN4O2/c24-17(20-9-15-11-22-5-1-13(15)2-6-22)19-18(25)21-10-16-12-23-7-3-14(16)4-8-23/h13-16,19H,1-12H2,(H,20,24)(H,21,25)/t15-,16?/m0/s1. The fourth-order valence-corrected chi connectivity index (χ4v) is 5.40. The zero-order chi connectivity index (χ0) is 17.2. The number of rotatable bonds is 6. The van der Waals surface area contributed by atoms with Crippen LogP contribution in [0, 0.1) is 23.7 Å². The lowest BCUT2D eigenvalue weighted by Crippen LogP contribution is -2.52. The van der Waals surface area contributed by atoms with E-state index in [-0.39, 0.29) is 18.9 Å². The van der Waals surface area contributed by atoms with Gasteiger partial charge in [-0.1, -0.05) is 0 Å². The number of nitrogens with one attached hydrogen (secondary N) is 2. The van der Waals surface area contributed by atoms with Crippen molar-refractivity contribution in [3.05, 3.63) is 0 Å². The third-order valence-corrected chi connectivity index (χ3v) is 7.03. The fraction of sp³-hybridized carbons (Fsp3) is 0.889. The lowest BCUT2D eigenvalue weighted by atomic mass is 9.74. The summed E-state index contributed by atoms with van der Waals surface area (Å²) in [7, 11) is -0.0256. The van der Waals surface area contributed by atoms with Crippen molar-refractivity contribution >= 4 is 18.9 Å². The van der Waals surface area contributed by atoms with Crippen molar-refractivity contribution in [1.29, 1.82) is 0 Å². The number of carbonyl (C=O) groups is 2. The van der Waals surface area contributed by atoms with Crippen molar-refractivity contribution in [2.75, 3.05) is 52.4 Å². The zero-order valence-corrected chi connectivity index (χ0v) is 15.2. The van der Waals surface area contributed by atoms with Crippen molar-refractivity contribution < 1.29 is 9.59 Å². The highest BCUT2D eigenvalue weighted by Crippen LogP contribution is 2.32. The summed E-state index contributed by atoms with van der Waals surface area (Å²) in [6.07, 6.45) is 5.06. The van der Waals surface area contributed by atoms with E-state index in [2.05, 4.69) is 20.4 Å². The molecular formula is C18H31BN4O2. The van der Waals surface area contributed by atoms with Crippen LogP contribution in [0.3, 0.4) is 0 Å². The Hall–Kier alpha value is -1.08. The van der Waals surface area contributed by atoms with Crippen LogP contribution in [-0.4, -0.2) is 81.1 Å². The Morgan fingerprint density at radius 3 is 1.48 bits per heavy atom. The van der Waals surface area contributed by atoms with Gasteiger partial charge in [0.05, 0.1) is 0 Å². The first-order valence-electron chi connectivity index (χ1n) is 10.2. The smallest absolute Gasteiger partial charge is 0.340 e. The van der Waals surface area contributed by atoms with Gasteiger partial charge in [-0.05, 0) is 75.5 Å². The molecular weight excluding hydrogens is 315 g/mol. The molecule has 6 aliphatic rings. The molecule has 2 atom stereocenters. The van der Waals surface area contributed by atoms with Crippen LogP contribution >= 0.6 is 0 Å². The summed E-state index contributed by atoms with van der Waals surface area (Å²) in [4.78, 5) is 29.2. The molecule has 0 aliphatic carbocycles. The second-order valence-corrected chi connectivity index (χ2v) is 8.58. The van der Waals surface area contributed by atoms with Crippen molar-refractivity contribution in [3.8, 4) is 0 Å². The molecule has 6 fully saturated rings. The first-order valence-corrected chi connectivity index (χ1v) is 10.2. The van der Waals surface area contributed by atoms with Crippen molar-refractivity contribution in [2.24, 2.45) is 23.7 Å². The zero-order valence-electron chi connectivity index (χ0n) is 15.2. The van der Waals surface area contributed by atoms with Gasteiger partial charge in [0, 0.05) is 26.2 Å². The summed E-state index contributed by atoms with van der Waals surface area (Å²) >= 11 is 0. The normalized spacial score (nSPS) is 39.0. The van der Waals surface area contributed by atoms with Gasteiger partial charge in [-0.15, -0.1) is 0 Å². The maximum Gasteiger partial charge on any atom is 0.340 e. The van der Waals surface area contributed by atoms with E-state index in [1.807, 2.05) is 0 Å². The van der Waals surface area contributed by atoms with Crippen LogP contribution < -0.4 is 10.6 Å². The molecule has 6 heterocycles. The Labute approximate surface area is 151 Å². The molecule has 0 radical (unpaired) electrons. The predicted octanol–water partition coefficient (Wildman–Crippen LogP) is 0.526. The van der Waals surface area contributed by atoms with Crippen LogP contribution in [0.2, 0.25) is 0 Å². The highest BCUT2D eigenvalue weighted by atomic mass is 16.2. The number of fused-ring (bicyclic) bond motifs is 6. The molecule has 0 aromatic heterocycles. The summed E-state index contributed by atoms with van der Waals surface area (Å²) in [5.74, 6) is 2.42. The summed E-state index contributed by atoms with van der Waals surface area (Å²) in [5, 5.41) is 6.00. The second kappa shape index (κ2) is 7.66. The van der Waals surface area contributed by atoms with E-state index < -0.39 is 0 Å². The van der Waals surface area contributed by atoms with Gasteiger partial charge in [-0.25, -0.2) is 0 Å². The molecule has 138 valence electrons. The monoisotopic (exact) mass is 346 g/mol. The lowest BCUT2D eigenvalue weighted by Gasteiger charge is -2.45. The third kappa shape index (κ3) is 4.19. The van der Waals surface area contributed by atoms with E-state index in [4.69, 9.17) is 0 Å². The average Bonchev–Trinajstić information content (AvgIpc) is 2.67. The number of hydrogen-bond donors (Lipinski definition) is 2. The second-order valence-electron chi connectivity index (χ2n) is 8.58. The van der Waals surface area contributed by atoms with Gasteiger partial charge in [0.25, 0.3) is 0 Å². The Morgan fingerprint density at radius 2 is 1.16 bits per heavy atom. The highest BCUT2D eigenvalue weighted by Gasteiger charge is 2.35. The van der Waals surface area contributed by atoms with Crippen LogP contribution in [0.25, 0.3) is 0 Å². The molecule has 7 heteroatoms. The van der Waals surface area contributed by atoms with Crippen LogP contribution in [0.1, 0.15) is 25.7 Å². The number of carbonyl (C=O) groups excluding carboxylic acids is 2. The molecule has 0 aromatic rings. The molecule has 6 nitrogen and oxygen atoms in total. The topological polar surface area (TPSA) is 64.7 Å². The van der Waals surface area contributed by atoms with Crippen molar-refractivity contribution in [1.82, 2.24) is 20.4 Å². The molecule has 6 rings (SSSR count). The average molecular weight is 346 g/mol. The molecule has 1 unspecified atom stereocenters. The number of nitrogens with zero attached hydrogens (tertiary/aromatic N) is 2. The van der Waals surface area contributed by atoms with Crippen LogP contribution in [0.4, 0.5) is 9.59 Å². The molecule has 4 bridgehead atoms. The van der Waals surface area contributed by atoms with Gasteiger partial charge in [0.2, 0.25) is 0 Å². The maximum atomic E-state index is 12.1. The summed E-state index contributed by atoms with van der Waals surface area (Å²) in [5.41, 5.74) is 0. The van der Waals surface area contributed by atoms with Crippen molar-refractivity contribution in [2.45, 2.75) is 25.7 Å². The van der Waals surface area contributed by atoms with Crippen LogP contribution in [0.15, 0.2) is 0 Å². The quantitative estimate of drug-likeness (QED) is 0.689. The van der Waals surface area contributed by atoms with Crippen LogP contribution in [-0.2, 0) is 0 Å². The van der Waals surface area contributed by atoms with E-state index in [0.29, 0.717) is 11.8 Å². The number of piperidine rings is 6. The fourth-order valence-electron chi connectivity index (χ4n) is 5.40. The van der Waals surface area contributed by atoms with E-state index in [9.17, 15) is 9.59 Å². The van der Waals surface area contributed by atoms with Gasteiger partial charge >= 0.3 is 7.28 Å². The SMILES string of the molecule is O=C(BC(=O)NC[C@H]1CN2CCC1CC2)NCC1CN2CCC1CC2. The highest BCUT2D eigenvalue weighted by molar-refractivity contribution is 6.96. The van der Waals surface area contributed by atoms with Crippen LogP contribution in [0.5, 0.6) is 0 Å². The molecule has 6 aliphatic heterocycles. The van der Waals surface area contributed by atoms with E-state index in [1.165, 1.54) is 51.9 Å². The Balaban J connectivity index is 1.14. The first kappa shape index (κ1) is 17.3. The van der Waals surface area contributed by atoms with E-state index in [1.54, 1.807) is 0 Å². The van der Waals surface area contributed by atoms with Crippen molar-refractivity contribution in [3.63, 3.8) is 0 Å². The molecule has 2 N–H and O–H groups in total. The van der Waals surface area contributed by atoms with E-state index in [0.717, 1.165) is 38.0 Å². The first-order chi connectivity index (χ1) is 12.2. The van der Waals surface area contributed by atoms with Gasteiger partial charge in [-0.3, -0.25) is 9.59 Å². The molecule has 6 saturated heterocycles. The maximum absolute atomic E-state index is 12.1. The van der Waals surface area contributed by atoms with Gasteiger partial charge in [0.1, 0.15) is 0 Å². The third-order valence-electron chi connectivity index (χ3n) is 7.03. The van der Waals surface area contributed by atoms with Gasteiger partial charge in [-0.2, -0.15) is 0 Å². The summed E-state index contributed by atoms with van der Waals surface area (Å²) < 4.78 is 0. The Kier molecular flexibility index (Phi) is 5.32. The summed E-state index contributed by atoms with van der Waals surface area (Å²) in [6.45, 7) is 8.55. The van der Waals surface area contributed by atoms with E-state index >= 15 is 0 Å². The molecule has 0 aromatic carbocycles. The molecule has 25 heavy (non-hydrogen) atoms. The van der Waals surface area contributed by atoms with Gasteiger partial charge < -0.3 is 20.4 Å². The molecule has 0 spiro atoms. The molecule has 2 amide bonds. The Bertz CT molecular complexity index is 457. The minimum atomic E-state index is -0.122. The molecule has 0 saturated carbocycles. The minimum Gasteiger partial charge on any atom is -0.364 e. The predicted molar refractivity (Wildman–Crippen MR) is 99.3 cm³/mol. The number of amides is 2. The lowest BCUT2D eigenvalue weighted by molar-refractivity contribution is 0.0525. The summed E-state index contributed by atoms with van der Waals surface area (Å²) in [6, 6.07) is 0. The van der Waals surface area contributed by atoms with Gasteiger partial charge in [0.15, 0.2) is 11.6 Å². The Morgan fingerprint density at radius 1 is 0.760 bits per heavy atom.